The van der Waals surface area contributed by atoms with Crippen LogP contribution in [-0.2, 0) is 23.9 Å². The summed E-state index contributed by atoms with van der Waals surface area (Å²) in [6, 6.07) is 4.43. The van der Waals surface area contributed by atoms with E-state index in [1.807, 2.05) is 0 Å². The lowest BCUT2D eigenvalue weighted by molar-refractivity contribution is -0.184. The standard InChI is InChI=1S/C42H55NO7/c1-8-34(46)43-30-12-10-27(44)21-25(30)9-14-35(47)50-24-26-22-42(37(48)49)20-19-38(2,3)23-29(42)28-11-13-32-40(6)18-16-33(45)39(4,5)31(40)15-17-41(32,7)36(26)28/h8-12,14,21,26,29,31-32,36,44H,1,13,15-20,22-24H2,2-7H3,(H,43,46)(H,48,49)/b14-9+. The molecule has 8 unspecified atom stereocenters. The molecule has 4 saturated carbocycles. The number of carboxylic acids is 1. The maximum absolute atomic E-state index is 13.4. The number of ketones is 1. The van der Waals surface area contributed by atoms with Crippen LogP contribution in [0, 0.1) is 56.7 Å². The topological polar surface area (TPSA) is 130 Å². The average molecular weight is 686 g/mol. The Hall–Kier alpha value is -3.68. The third-order valence-electron chi connectivity index (χ3n) is 14.4. The maximum Gasteiger partial charge on any atom is 0.330 e. The number of benzene rings is 1. The Morgan fingerprint density at radius 2 is 1.74 bits per heavy atom. The highest BCUT2D eigenvalue weighted by molar-refractivity contribution is 6.01. The van der Waals surface area contributed by atoms with Crippen molar-refractivity contribution in [2.24, 2.45) is 56.7 Å². The summed E-state index contributed by atoms with van der Waals surface area (Å²) in [7, 11) is 0. The van der Waals surface area contributed by atoms with Crippen molar-refractivity contribution >= 4 is 35.4 Å². The Balaban J connectivity index is 1.34. The lowest BCUT2D eigenvalue weighted by atomic mass is 9.36. The van der Waals surface area contributed by atoms with Gasteiger partial charge in [0.25, 0.3) is 0 Å². The molecule has 0 bridgehead atoms. The number of hydrogen-bond acceptors (Lipinski definition) is 6. The van der Waals surface area contributed by atoms with Gasteiger partial charge in [-0.25, -0.2) is 4.79 Å². The number of nitrogens with one attached hydrogen (secondary N) is 1. The second-order valence-electron chi connectivity index (χ2n) is 18.0. The zero-order valence-corrected chi connectivity index (χ0v) is 30.6. The summed E-state index contributed by atoms with van der Waals surface area (Å²) in [4.78, 5) is 51.9. The molecule has 0 radical (unpaired) electrons. The molecule has 1 aromatic rings. The van der Waals surface area contributed by atoms with Crippen molar-refractivity contribution in [3.63, 3.8) is 0 Å². The molecule has 8 nitrogen and oxygen atoms in total. The first-order valence-corrected chi connectivity index (χ1v) is 18.5. The summed E-state index contributed by atoms with van der Waals surface area (Å²) in [6.45, 7) is 17.2. The largest absolute Gasteiger partial charge is 0.508 e. The fraction of sp³-hybridized carbons (Fsp3) is 0.619. The molecule has 1 aromatic carbocycles. The number of carbonyl (C=O) groups is 4. The van der Waals surface area contributed by atoms with E-state index in [9.17, 15) is 29.4 Å². The second kappa shape index (κ2) is 12.5. The average Bonchev–Trinajstić information content (AvgIpc) is 3.05. The van der Waals surface area contributed by atoms with Crippen LogP contribution in [0.4, 0.5) is 5.69 Å². The van der Waals surface area contributed by atoms with Crippen LogP contribution < -0.4 is 5.32 Å². The second-order valence-corrected chi connectivity index (χ2v) is 18.0. The van der Waals surface area contributed by atoms with Crippen molar-refractivity contribution in [2.45, 2.75) is 99.3 Å². The molecule has 1 amide bonds. The van der Waals surface area contributed by atoms with Gasteiger partial charge in [0.1, 0.15) is 11.5 Å². The van der Waals surface area contributed by atoms with Crippen LogP contribution in [0.25, 0.3) is 6.08 Å². The number of fused-ring (bicyclic) bond motifs is 7. The molecule has 0 saturated heterocycles. The number of amides is 1. The van der Waals surface area contributed by atoms with Crippen molar-refractivity contribution in [1.82, 2.24) is 0 Å². The van der Waals surface area contributed by atoms with Crippen LogP contribution in [0.5, 0.6) is 5.75 Å². The first kappa shape index (κ1) is 36.1. The number of phenols is 1. The Morgan fingerprint density at radius 3 is 2.44 bits per heavy atom. The van der Waals surface area contributed by atoms with Crippen molar-refractivity contribution in [3.8, 4) is 5.75 Å². The van der Waals surface area contributed by atoms with Gasteiger partial charge in [0.15, 0.2) is 0 Å². The quantitative estimate of drug-likeness (QED) is 0.114. The number of anilines is 1. The van der Waals surface area contributed by atoms with Crippen molar-refractivity contribution in [3.05, 3.63) is 54.1 Å². The van der Waals surface area contributed by atoms with Crippen LogP contribution in [0.3, 0.4) is 0 Å². The van der Waals surface area contributed by atoms with Gasteiger partial charge in [-0.3, -0.25) is 14.4 Å². The summed E-state index contributed by atoms with van der Waals surface area (Å²) in [5.41, 5.74) is 0.692. The van der Waals surface area contributed by atoms with E-state index >= 15 is 0 Å². The van der Waals surface area contributed by atoms with Gasteiger partial charge < -0.3 is 20.3 Å². The van der Waals surface area contributed by atoms with Gasteiger partial charge in [-0.15, -0.1) is 0 Å². The normalized spacial score (nSPS) is 36.9. The van der Waals surface area contributed by atoms with Crippen molar-refractivity contribution in [1.29, 1.82) is 0 Å². The molecule has 0 aliphatic heterocycles. The number of ether oxygens (including phenoxy) is 1. The fourth-order valence-electron chi connectivity index (χ4n) is 12.0. The molecule has 6 rings (SSSR count). The van der Waals surface area contributed by atoms with E-state index in [1.54, 1.807) is 6.07 Å². The lowest BCUT2D eigenvalue weighted by Gasteiger charge is -2.68. The van der Waals surface area contributed by atoms with E-state index in [0.717, 1.165) is 44.6 Å². The number of carbonyl (C=O) groups excluding carboxylic acids is 3. The van der Waals surface area contributed by atoms with Crippen molar-refractivity contribution < 1.29 is 34.1 Å². The number of allylic oxidation sites excluding steroid dienone is 2. The number of aliphatic carboxylic acids is 1. The molecule has 5 aliphatic carbocycles. The highest BCUT2D eigenvalue weighted by Gasteiger charge is 2.67. The Morgan fingerprint density at radius 1 is 1.00 bits per heavy atom. The maximum atomic E-state index is 13.4. The number of hydrogen-bond donors (Lipinski definition) is 3. The summed E-state index contributed by atoms with van der Waals surface area (Å²) >= 11 is 0. The lowest BCUT2D eigenvalue weighted by Crippen LogP contribution is -2.63. The van der Waals surface area contributed by atoms with E-state index in [2.05, 4.69) is 59.5 Å². The SMILES string of the molecule is C=CC(=O)Nc1ccc(O)cc1/C=C/C(=O)OCC1CC2(C(=O)O)CCC(C)(C)CC2C2=CCC3C(C)(CCC4C(C)(C)C(=O)CCC43C)C21. The van der Waals surface area contributed by atoms with Crippen LogP contribution >= 0.6 is 0 Å². The zero-order chi connectivity index (χ0) is 36.4. The van der Waals surface area contributed by atoms with Crippen LogP contribution in [0.15, 0.2) is 48.6 Å². The summed E-state index contributed by atoms with van der Waals surface area (Å²) in [5, 5.41) is 23.7. The van der Waals surface area contributed by atoms with E-state index in [-0.39, 0.29) is 51.8 Å². The Bertz CT molecular complexity index is 1670. The van der Waals surface area contributed by atoms with E-state index in [4.69, 9.17) is 4.74 Å². The molecule has 4 fully saturated rings. The Kier molecular flexibility index (Phi) is 9.05. The van der Waals surface area contributed by atoms with Gasteiger partial charge in [-0.2, -0.15) is 0 Å². The molecule has 50 heavy (non-hydrogen) atoms. The third kappa shape index (κ3) is 5.84. The van der Waals surface area contributed by atoms with Crippen LogP contribution in [0.1, 0.15) is 105 Å². The minimum Gasteiger partial charge on any atom is -0.508 e. The molecule has 0 heterocycles. The number of aromatic hydroxyl groups is 1. The first-order chi connectivity index (χ1) is 23.4. The van der Waals surface area contributed by atoms with Gasteiger partial charge in [-0.1, -0.05) is 59.8 Å². The van der Waals surface area contributed by atoms with Crippen molar-refractivity contribution in [2.75, 3.05) is 11.9 Å². The third-order valence-corrected chi connectivity index (χ3v) is 14.4. The smallest absolute Gasteiger partial charge is 0.330 e. The summed E-state index contributed by atoms with van der Waals surface area (Å²) < 4.78 is 6.02. The summed E-state index contributed by atoms with van der Waals surface area (Å²) in [5.74, 6) is -0.955. The molecule has 3 N–H and O–H groups in total. The minimum absolute atomic E-state index is 0.0189. The van der Waals surface area contributed by atoms with Crippen LogP contribution in [-0.4, -0.2) is 40.4 Å². The van der Waals surface area contributed by atoms with Crippen LogP contribution in [0.2, 0.25) is 0 Å². The molecule has 0 spiro atoms. The zero-order valence-electron chi connectivity index (χ0n) is 30.6. The van der Waals surface area contributed by atoms with Gasteiger partial charge in [-0.05, 0) is 122 Å². The van der Waals surface area contributed by atoms with Gasteiger partial charge >= 0.3 is 11.9 Å². The predicted octanol–water partition coefficient (Wildman–Crippen LogP) is 8.36. The number of phenolic OH excluding ortho intramolecular Hbond substituents is 1. The number of carboxylic acid groups (broad SMARTS) is 1. The molecular weight excluding hydrogens is 630 g/mol. The molecular formula is C42H55NO7. The van der Waals surface area contributed by atoms with Gasteiger partial charge in [0.2, 0.25) is 5.91 Å². The number of Topliss-reactive ketones (excluding diaryl/α,β-unsaturated/α-hetero) is 1. The molecule has 270 valence electrons. The Labute approximate surface area is 296 Å². The minimum atomic E-state index is -0.909. The van der Waals surface area contributed by atoms with E-state index < -0.39 is 23.3 Å². The summed E-state index contributed by atoms with van der Waals surface area (Å²) in [6.07, 6.45) is 13.3. The highest BCUT2D eigenvalue weighted by Crippen LogP contribution is 2.72. The molecule has 8 atom stereocenters. The predicted molar refractivity (Wildman–Crippen MR) is 193 cm³/mol. The molecule has 8 heteroatoms. The highest BCUT2D eigenvalue weighted by atomic mass is 16.5. The first-order valence-electron chi connectivity index (χ1n) is 18.5. The van der Waals surface area contributed by atoms with E-state index in [0.29, 0.717) is 48.1 Å². The van der Waals surface area contributed by atoms with Gasteiger partial charge in [0.05, 0.1) is 12.0 Å². The number of esters is 1. The number of rotatable bonds is 7. The molecule has 0 aromatic heterocycles. The fourth-order valence-corrected chi connectivity index (χ4v) is 12.0. The van der Waals surface area contributed by atoms with Gasteiger partial charge in [0, 0.05) is 35.1 Å². The monoisotopic (exact) mass is 685 g/mol. The molecule has 5 aliphatic rings. The van der Waals surface area contributed by atoms with E-state index in [1.165, 1.54) is 29.9 Å².